The molecule has 3 rings (SSSR count). The zero-order chi connectivity index (χ0) is 21.7. The van der Waals surface area contributed by atoms with Crippen molar-refractivity contribution in [3.05, 3.63) is 47.6 Å². The van der Waals surface area contributed by atoms with Crippen LogP contribution >= 0.6 is 0 Å². The van der Waals surface area contributed by atoms with E-state index in [1.54, 1.807) is 32.2 Å². The number of methoxy groups -OCH3 is 1. The van der Waals surface area contributed by atoms with Crippen molar-refractivity contribution in [2.24, 2.45) is 17.8 Å². The molecule has 0 heterocycles. The number of aliphatic hydroxyl groups is 1. The predicted octanol–water partition coefficient (Wildman–Crippen LogP) is 3.87. The van der Waals surface area contributed by atoms with Crippen LogP contribution in [0.3, 0.4) is 0 Å². The van der Waals surface area contributed by atoms with Gasteiger partial charge in [-0.1, -0.05) is 29.9 Å². The van der Waals surface area contributed by atoms with Gasteiger partial charge in [0.25, 0.3) is 0 Å². The summed E-state index contributed by atoms with van der Waals surface area (Å²) >= 11 is 0. The fraction of sp³-hybridized carbons (Fsp3) is 0.520. The number of rotatable bonds is 9. The number of carbonyl (C=O) groups is 2. The highest BCUT2D eigenvalue weighted by Crippen LogP contribution is 2.48. The zero-order valence-corrected chi connectivity index (χ0v) is 18.2. The molecule has 1 aromatic carbocycles. The Kier molecular flexibility index (Phi) is 7.48. The number of hydrogen-bond donors (Lipinski definition) is 1. The average molecular weight is 412 g/mol. The second-order valence-electron chi connectivity index (χ2n) is 8.69. The van der Waals surface area contributed by atoms with Gasteiger partial charge >= 0.3 is 0 Å². The number of carbonyl (C=O) groups excluding carboxylic acids is 2. The van der Waals surface area contributed by atoms with Crippen LogP contribution in [0.5, 0.6) is 5.75 Å². The van der Waals surface area contributed by atoms with Crippen LogP contribution in [0.2, 0.25) is 0 Å². The molecule has 0 radical (unpaired) electrons. The Hall–Kier alpha value is -2.40. The lowest BCUT2D eigenvalue weighted by Gasteiger charge is -2.19. The number of hydrogen-bond acceptors (Lipinski definition) is 4. The summed E-state index contributed by atoms with van der Waals surface area (Å²) in [5.74, 6) is 1.13. The molecule has 0 spiro atoms. The van der Waals surface area contributed by atoms with Crippen molar-refractivity contribution in [2.45, 2.75) is 44.6 Å². The van der Waals surface area contributed by atoms with Crippen LogP contribution in [0.25, 0.3) is 6.08 Å². The van der Waals surface area contributed by atoms with Crippen LogP contribution in [-0.2, 0) is 9.59 Å². The molecular weight excluding hydrogens is 378 g/mol. The summed E-state index contributed by atoms with van der Waals surface area (Å²) < 4.78 is 5.16. The zero-order valence-electron chi connectivity index (χ0n) is 18.2. The lowest BCUT2D eigenvalue weighted by Crippen LogP contribution is -2.27. The van der Waals surface area contributed by atoms with Crippen molar-refractivity contribution in [3.63, 3.8) is 0 Å². The number of nitrogens with zero attached hydrogens (tertiary/aromatic N) is 1. The van der Waals surface area contributed by atoms with Crippen molar-refractivity contribution >= 4 is 17.8 Å². The Morgan fingerprint density at radius 3 is 2.60 bits per heavy atom. The van der Waals surface area contributed by atoms with Crippen LogP contribution in [0.4, 0.5) is 0 Å². The maximum absolute atomic E-state index is 12.9. The number of benzene rings is 1. The number of ether oxygens (including phenoxy) is 1. The van der Waals surface area contributed by atoms with Gasteiger partial charge < -0.3 is 14.7 Å². The van der Waals surface area contributed by atoms with E-state index in [4.69, 9.17) is 4.74 Å². The second kappa shape index (κ2) is 10.1. The van der Waals surface area contributed by atoms with Gasteiger partial charge in [-0.2, -0.15) is 0 Å². The third-order valence-corrected chi connectivity index (χ3v) is 6.41. The van der Waals surface area contributed by atoms with E-state index in [9.17, 15) is 14.7 Å². The number of unbranched alkanes of at least 4 members (excludes halogenated alkanes) is 1. The van der Waals surface area contributed by atoms with Crippen LogP contribution in [0.15, 0.2) is 42.0 Å². The van der Waals surface area contributed by atoms with Crippen molar-refractivity contribution in [1.29, 1.82) is 0 Å². The van der Waals surface area contributed by atoms with Crippen molar-refractivity contribution in [3.8, 4) is 5.75 Å². The molecule has 1 fully saturated rings. The first-order chi connectivity index (χ1) is 14.4. The molecule has 0 aliphatic heterocycles. The highest BCUT2D eigenvalue weighted by molar-refractivity contribution is 5.96. The van der Waals surface area contributed by atoms with E-state index in [0.29, 0.717) is 18.8 Å². The minimum absolute atomic E-state index is 0.0112. The van der Waals surface area contributed by atoms with Gasteiger partial charge in [-0.05, 0) is 67.7 Å². The molecule has 0 aromatic heterocycles. The van der Waals surface area contributed by atoms with Crippen LogP contribution in [0, 0.1) is 17.8 Å². The maximum atomic E-state index is 12.9. The van der Waals surface area contributed by atoms with Gasteiger partial charge in [0.2, 0.25) is 5.91 Å². The number of allylic oxidation sites excluding steroid dienone is 3. The smallest absolute Gasteiger partial charge is 0.222 e. The summed E-state index contributed by atoms with van der Waals surface area (Å²) in [6.45, 7) is 0. The topological polar surface area (TPSA) is 66.8 Å². The summed E-state index contributed by atoms with van der Waals surface area (Å²) in [5, 5.41) is 10.5. The SMILES string of the molecule is COc1ccc(/C=C/C(=O)[C@@H]2[C@H]3CC(CCCCC(=O)N(C)C)=C[C@H]3C[C@H]2O)cc1. The van der Waals surface area contributed by atoms with E-state index in [1.165, 1.54) is 5.57 Å². The second-order valence-corrected chi connectivity index (χ2v) is 8.69. The molecular formula is C25H33NO4. The fourth-order valence-electron chi connectivity index (χ4n) is 4.74. The largest absolute Gasteiger partial charge is 0.497 e. The van der Waals surface area contributed by atoms with Crippen LogP contribution in [0.1, 0.15) is 44.1 Å². The van der Waals surface area contributed by atoms with E-state index < -0.39 is 6.10 Å². The Bertz CT molecular complexity index is 809. The monoisotopic (exact) mass is 411 g/mol. The average Bonchev–Trinajstić information content (AvgIpc) is 3.25. The minimum atomic E-state index is -0.566. The van der Waals surface area contributed by atoms with E-state index in [2.05, 4.69) is 6.08 Å². The molecule has 162 valence electrons. The van der Waals surface area contributed by atoms with E-state index >= 15 is 0 Å². The van der Waals surface area contributed by atoms with Gasteiger partial charge in [-0.15, -0.1) is 0 Å². The summed E-state index contributed by atoms with van der Waals surface area (Å²) in [6, 6.07) is 7.55. The molecule has 2 aliphatic rings. The number of ketones is 1. The Morgan fingerprint density at radius 1 is 1.20 bits per heavy atom. The van der Waals surface area contributed by atoms with Gasteiger partial charge in [0.05, 0.1) is 19.1 Å². The van der Waals surface area contributed by atoms with Crippen LogP contribution in [-0.4, -0.2) is 49.0 Å². The highest BCUT2D eigenvalue weighted by Gasteiger charge is 2.47. The van der Waals surface area contributed by atoms with Crippen molar-refractivity contribution < 1.29 is 19.4 Å². The van der Waals surface area contributed by atoms with Gasteiger partial charge in [-0.25, -0.2) is 0 Å². The first-order valence-electron chi connectivity index (χ1n) is 10.8. The van der Waals surface area contributed by atoms with Crippen LogP contribution < -0.4 is 4.74 Å². The van der Waals surface area contributed by atoms with Gasteiger partial charge in [0, 0.05) is 20.5 Å². The Morgan fingerprint density at radius 2 is 1.93 bits per heavy atom. The summed E-state index contributed by atoms with van der Waals surface area (Å²) in [7, 11) is 5.20. The summed E-state index contributed by atoms with van der Waals surface area (Å²) in [5.41, 5.74) is 2.32. The molecule has 0 unspecified atom stereocenters. The first-order valence-corrected chi connectivity index (χ1v) is 10.8. The van der Waals surface area contributed by atoms with Gasteiger partial charge in [0.1, 0.15) is 5.75 Å². The highest BCUT2D eigenvalue weighted by atomic mass is 16.5. The normalized spacial score (nSPS) is 25.3. The van der Waals surface area contributed by atoms with Crippen molar-refractivity contribution in [1.82, 2.24) is 4.90 Å². The van der Waals surface area contributed by atoms with Gasteiger partial charge in [-0.3, -0.25) is 9.59 Å². The number of amides is 1. The molecule has 5 heteroatoms. The molecule has 2 aliphatic carbocycles. The van der Waals surface area contributed by atoms with E-state index in [-0.39, 0.29) is 23.5 Å². The molecule has 30 heavy (non-hydrogen) atoms. The van der Waals surface area contributed by atoms with Crippen molar-refractivity contribution in [2.75, 3.05) is 21.2 Å². The lowest BCUT2D eigenvalue weighted by molar-refractivity contribution is -0.128. The third-order valence-electron chi connectivity index (χ3n) is 6.41. The summed E-state index contributed by atoms with van der Waals surface area (Å²) in [6.07, 6.45) is 10.1. The predicted molar refractivity (Wildman–Crippen MR) is 118 cm³/mol. The molecule has 0 saturated heterocycles. The maximum Gasteiger partial charge on any atom is 0.222 e. The molecule has 1 saturated carbocycles. The molecule has 1 amide bonds. The lowest BCUT2D eigenvalue weighted by atomic mass is 9.86. The van der Waals surface area contributed by atoms with Gasteiger partial charge in [0.15, 0.2) is 5.78 Å². The van der Waals surface area contributed by atoms with E-state index in [0.717, 1.165) is 37.0 Å². The third kappa shape index (κ3) is 5.39. The quantitative estimate of drug-likeness (QED) is 0.381. The Balaban J connectivity index is 1.52. The molecule has 1 N–H and O–H groups in total. The van der Waals surface area contributed by atoms with E-state index in [1.807, 2.05) is 30.3 Å². The summed E-state index contributed by atoms with van der Waals surface area (Å²) in [4.78, 5) is 26.2. The minimum Gasteiger partial charge on any atom is -0.497 e. The number of fused-ring (bicyclic) bond motifs is 1. The Labute approximate surface area is 179 Å². The molecule has 0 bridgehead atoms. The molecule has 4 atom stereocenters. The number of aliphatic hydroxyl groups excluding tert-OH is 1. The first kappa shape index (κ1) is 22.3. The molecule has 1 aromatic rings. The fourth-order valence-corrected chi connectivity index (χ4v) is 4.74. The molecule has 5 nitrogen and oxygen atoms in total. The standard InChI is InChI=1S/C25H33NO4/c1-26(2)24(29)7-5-4-6-18-14-19-16-23(28)25(21(19)15-18)22(27)13-10-17-8-11-20(30-3)12-9-17/h8-14,19,21,23,25,28H,4-7,15-16H2,1-3H3/b13-10+/t19-,21-,23+,25-/m0/s1.